The minimum absolute atomic E-state index is 0.0140. The Morgan fingerprint density at radius 2 is 2.00 bits per heavy atom. The molecule has 5 nitrogen and oxygen atoms in total. The normalized spacial score (nSPS) is 11.4. The Kier molecular flexibility index (Phi) is 4.84. The quantitative estimate of drug-likeness (QED) is 0.621. The van der Waals surface area contributed by atoms with E-state index in [0.29, 0.717) is 11.4 Å². The maximum absolute atomic E-state index is 13.3. The molecule has 0 saturated heterocycles. The van der Waals surface area contributed by atoms with Gasteiger partial charge in [0.25, 0.3) is 0 Å². The van der Waals surface area contributed by atoms with Gasteiger partial charge < -0.3 is 15.2 Å². The summed E-state index contributed by atoms with van der Waals surface area (Å²) in [4.78, 5) is 15.3. The van der Waals surface area contributed by atoms with E-state index in [1.54, 1.807) is 12.1 Å². The maximum atomic E-state index is 13.3. The highest BCUT2D eigenvalue weighted by Gasteiger charge is 2.34. The number of alkyl halides is 3. The van der Waals surface area contributed by atoms with Gasteiger partial charge >= 0.3 is 12.1 Å². The predicted molar refractivity (Wildman–Crippen MR) is 95.0 cm³/mol. The Labute approximate surface area is 156 Å². The highest BCUT2D eigenvalue weighted by molar-refractivity contribution is 6.32. The van der Waals surface area contributed by atoms with E-state index >= 15 is 0 Å². The number of ether oxygens (including phenoxy) is 1. The third kappa shape index (κ3) is 3.61. The number of hydrogen-bond acceptors (Lipinski definition) is 4. The molecule has 0 aliphatic heterocycles. The average Bonchev–Trinajstić information content (AvgIpc) is 2.60. The van der Waals surface area contributed by atoms with E-state index in [-0.39, 0.29) is 27.2 Å². The molecule has 0 radical (unpaired) electrons. The van der Waals surface area contributed by atoms with Crippen LogP contribution in [0.15, 0.2) is 42.6 Å². The lowest BCUT2D eigenvalue weighted by molar-refractivity contribution is -0.136. The predicted octanol–water partition coefficient (Wildman–Crippen LogP) is 5.36. The summed E-state index contributed by atoms with van der Waals surface area (Å²) in [7, 11) is 1.44. The summed E-state index contributed by atoms with van der Waals surface area (Å²) in [6.45, 7) is 0. The van der Waals surface area contributed by atoms with Crippen LogP contribution in [0.1, 0.15) is 15.9 Å². The van der Waals surface area contributed by atoms with Gasteiger partial charge in [-0.05, 0) is 24.3 Å². The molecule has 0 saturated carbocycles. The van der Waals surface area contributed by atoms with E-state index in [1.807, 2.05) is 0 Å². The van der Waals surface area contributed by atoms with Crippen LogP contribution in [0.25, 0.3) is 10.9 Å². The summed E-state index contributed by atoms with van der Waals surface area (Å²) in [5, 5.41) is 12.5. The number of rotatable bonds is 4. The van der Waals surface area contributed by atoms with Gasteiger partial charge in [-0.25, -0.2) is 4.79 Å². The maximum Gasteiger partial charge on any atom is 0.418 e. The molecule has 9 heteroatoms. The summed E-state index contributed by atoms with van der Waals surface area (Å²) < 4.78 is 44.8. The molecule has 0 aliphatic rings. The van der Waals surface area contributed by atoms with Gasteiger partial charge in [-0.2, -0.15) is 13.2 Å². The Hall–Kier alpha value is -3.00. The molecular weight excluding hydrogens is 385 g/mol. The summed E-state index contributed by atoms with van der Waals surface area (Å²) >= 11 is 6.06. The van der Waals surface area contributed by atoms with Gasteiger partial charge in [0, 0.05) is 17.3 Å². The second-order valence-electron chi connectivity index (χ2n) is 5.53. The fourth-order valence-corrected chi connectivity index (χ4v) is 2.89. The second-order valence-corrected chi connectivity index (χ2v) is 5.93. The second kappa shape index (κ2) is 6.96. The van der Waals surface area contributed by atoms with Crippen molar-refractivity contribution in [2.75, 3.05) is 12.4 Å². The molecule has 0 amide bonds. The number of fused-ring (bicyclic) bond motifs is 1. The molecule has 0 bridgehead atoms. The minimum Gasteiger partial charge on any atom is -0.495 e. The van der Waals surface area contributed by atoms with Crippen LogP contribution < -0.4 is 10.1 Å². The number of hydrogen-bond donors (Lipinski definition) is 2. The van der Waals surface area contributed by atoms with Gasteiger partial charge in [0.15, 0.2) is 0 Å². The third-order valence-electron chi connectivity index (χ3n) is 3.85. The summed E-state index contributed by atoms with van der Waals surface area (Å²) in [5.74, 6) is -0.927. The van der Waals surface area contributed by atoms with Crippen LogP contribution in [-0.2, 0) is 6.18 Å². The van der Waals surface area contributed by atoms with Crippen LogP contribution in [0.5, 0.6) is 5.75 Å². The molecule has 1 aromatic heterocycles. The van der Waals surface area contributed by atoms with E-state index in [4.69, 9.17) is 16.3 Å². The number of carboxylic acid groups (broad SMARTS) is 1. The molecule has 0 fully saturated rings. The van der Waals surface area contributed by atoms with Crippen molar-refractivity contribution in [2.45, 2.75) is 6.18 Å². The summed E-state index contributed by atoms with van der Waals surface area (Å²) in [6, 6.07) is 8.06. The molecule has 2 N–H and O–H groups in total. The van der Waals surface area contributed by atoms with E-state index < -0.39 is 17.7 Å². The highest BCUT2D eigenvalue weighted by Crippen LogP contribution is 2.38. The molecule has 0 unspecified atom stereocenters. The molecule has 3 aromatic rings. The number of aromatic nitrogens is 1. The number of nitrogens with zero attached hydrogens (tertiary/aromatic N) is 1. The number of aromatic carboxylic acids is 1. The zero-order chi connectivity index (χ0) is 19.8. The molecule has 2 aromatic carbocycles. The zero-order valence-corrected chi connectivity index (χ0v) is 14.5. The van der Waals surface area contributed by atoms with E-state index in [2.05, 4.69) is 10.3 Å². The van der Waals surface area contributed by atoms with Crippen molar-refractivity contribution in [2.24, 2.45) is 0 Å². The summed E-state index contributed by atoms with van der Waals surface area (Å²) in [5.41, 5.74) is -1.20. The Bertz CT molecular complexity index is 1040. The van der Waals surface area contributed by atoms with Crippen molar-refractivity contribution < 1.29 is 27.8 Å². The summed E-state index contributed by atoms with van der Waals surface area (Å²) in [6.07, 6.45) is -3.73. The number of benzene rings is 2. The highest BCUT2D eigenvalue weighted by atomic mass is 35.5. The van der Waals surface area contributed by atoms with Crippen molar-refractivity contribution >= 4 is 39.8 Å². The van der Waals surface area contributed by atoms with Crippen LogP contribution >= 0.6 is 11.6 Å². The van der Waals surface area contributed by atoms with Crippen LogP contribution in [0, 0.1) is 0 Å². The first-order valence-corrected chi connectivity index (χ1v) is 7.93. The van der Waals surface area contributed by atoms with Crippen molar-refractivity contribution in [3.05, 3.63) is 58.7 Å². The number of methoxy groups -OCH3 is 1. The smallest absolute Gasteiger partial charge is 0.418 e. The molecule has 140 valence electrons. The number of carboxylic acids is 1. The molecular formula is C18H12ClF3N2O3. The number of halogens is 4. The zero-order valence-electron chi connectivity index (χ0n) is 13.8. The average molecular weight is 397 g/mol. The largest absolute Gasteiger partial charge is 0.495 e. The molecule has 27 heavy (non-hydrogen) atoms. The first-order valence-electron chi connectivity index (χ1n) is 7.55. The topological polar surface area (TPSA) is 71.5 Å². The fourth-order valence-electron chi connectivity index (χ4n) is 2.64. The van der Waals surface area contributed by atoms with Crippen LogP contribution in [0.2, 0.25) is 5.02 Å². The van der Waals surface area contributed by atoms with Crippen molar-refractivity contribution in [1.82, 2.24) is 4.98 Å². The third-order valence-corrected chi connectivity index (χ3v) is 4.15. The van der Waals surface area contributed by atoms with E-state index in [1.165, 1.54) is 25.3 Å². The van der Waals surface area contributed by atoms with E-state index in [9.17, 15) is 23.1 Å². The lowest BCUT2D eigenvalue weighted by atomic mass is 10.0. The first kappa shape index (κ1) is 18.8. The number of pyridine rings is 1. The Morgan fingerprint density at radius 1 is 1.26 bits per heavy atom. The van der Waals surface area contributed by atoms with E-state index in [0.717, 1.165) is 12.3 Å². The number of nitrogens with one attached hydrogen (secondary N) is 1. The Morgan fingerprint density at radius 3 is 2.59 bits per heavy atom. The van der Waals surface area contributed by atoms with Gasteiger partial charge in [-0.15, -0.1) is 0 Å². The standard InChI is InChI=1S/C18H12ClF3N2O3/c1-27-14-6-5-9(7-13(14)19)24-15-10-3-2-4-12(18(20,21)22)16(10)23-8-11(15)17(25)26/h2-8H,1H3,(H,23,24)(H,25,26). The van der Waals surface area contributed by atoms with Crippen molar-refractivity contribution in [3.63, 3.8) is 0 Å². The van der Waals surface area contributed by atoms with Gasteiger partial charge in [-0.3, -0.25) is 4.98 Å². The van der Waals surface area contributed by atoms with Crippen LogP contribution in [0.3, 0.4) is 0 Å². The van der Waals surface area contributed by atoms with Gasteiger partial charge in [0.05, 0.1) is 28.9 Å². The molecule has 0 atom stereocenters. The lowest BCUT2D eigenvalue weighted by Gasteiger charge is -2.16. The van der Waals surface area contributed by atoms with Crippen molar-refractivity contribution in [1.29, 1.82) is 0 Å². The van der Waals surface area contributed by atoms with Crippen LogP contribution in [-0.4, -0.2) is 23.2 Å². The SMILES string of the molecule is COc1ccc(Nc2c(C(=O)O)cnc3c(C(F)(F)F)cccc23)cc1Cl. The first-order chi connectivity index (χ1) is 12.7. The molecule has 3 rings (SSSR count). The number of carbonyl (C=O) groups is 1. The lowest BCUT2D eigenvalue weighted by Crippen LogP contribution is -2.09. The molecule has 0 aliphatic carbocycles. The minimum atomic E-state index is -4.63. The monoisotopic (exact) mass is 396 g/mol. The van der Waals surface area contributed by atoms with Gasteiger partial charge in [0.2, 0.25) is 0 Å². The van der Waals surface area contributed by atoms with Crippen molar-refractivity contribution in [3.8, 4) is 5.75 Å². The number of anilines is 2. The molecule has 1 heterocycles. The fraction of sp³-hybridized carbons (Fsp3) is 0.111. The van der Waals surface area contributed by atoms with Gasteiger partial charge in [0.1, 0.15) is 11.3 Å². The molecule has 0 spiro atoms. The number of para-hydroxylation sites is 1. The van der Waals surface area contributed by atoms with Crippen LogP contribution in [0.4, 0.5) is 24.5 Å². The van der Waals surface area contributed by atoms with Gasteiger partial charge in [-0.1, -0.05) is 23.7 Å². The Balaban J connectivity index is 2.21.